The minimum absolute atomic E-state index is 0.583. The van der Waals surface area contributed by atoms with Crippen molar-refractivity contribution in [1.29, 1.82) is 0 Å². The van der Waals surface area contributed by atoms with Crippen LogP contribution in [0.25, 0.3) is 0 Å². The normalized spacial score (nSPS) is 73.4. The lowest BCUT2D eigenvalue weighted by Gasteiger charge is -2.03. The molecule has 0 spiro atoms. The molecule has 6 atom stereocenters. The standard InChI is InChI=1S/C9H10O/c10-6-2-4-3-1-5-7(4)9(5)8(3)6/h3-5,7-9H,1-2H2/t3-,4+,5+,7+,8-,9+/m1/s1. The van der Waals surface area contributed by atoms with Crippen molar-refractivity contribution in [3.8, 4) is 0 Å². The van der Waals surface area contributed by atoms with Gasteiger partial charge < -0.3 is 0 Å². The first-order chi connectivity index (χ1) is 4.88. The Bertz CT molecular complexity index is 245. The highest BCUT2D eigenvalue weighted by Crippen LogP contribution is 2.79. The quantitative estimate of drug-likeness (QED) is 0.484. The van der Waals surface area contributed by atoms with Gasteiger partial charge in [0.25, 0.3) is 0 Å². The van der Waals surface area contributed by atoms with Crippen molar-refractivity contribution in [2.75, 3.05) is 0 Å². The maximum absolute atomic E-state index is 11.3. The van der Waals surface area contributed by atoms with E-state index in [0.717, 1.165) is 36.0 Å². The van der Waals surface area contributed by atoms with E-state index in [1.165, 1.54) is 6.42 Å². The van der Waals surface area contributed by atoms with Gasteiger partial charge in [-0.15, -0.1) is 0 Å². The lowest BCUT2D eigenvalue weighted by molar-refractivity contribution is -0.122. The fourth-order valence-electron chi connectivity index (χ4n) is 4.43. The molecule has 0 aliphatic heterocycles. The lowest BCUT2D eigenvalue weighted by Crippen LogP contribution is -2.11. The Labute approximate surface area is 59.8 Å². The molecule has 1 heteroatoms. The zero-order valence-electron chi connectivity index (χ0n) is 5.79. The summed E-state index contributed by atoms with van der Waals surface area (Å²) in [5.74, 6) is 5.96. The highest BCUT2D eigenvalue weighted by Gasteiger charge is 2.77. The van der Waals surface area contributed by atoms with Crippen LogP contribution in [0.2, 0.25) is 0 Å². The van der Waals surface area contributed by atoms with Gasteiger partial charge in [-0.2, -0.15) is 0 Å². The van der Waals surface area contributed by atoms with Crippen LogP contribution in [0, 0.1) is 35.5 Å². The van der Waals surface area contributed by atoms with E-state index in [9.17, 15) is 4.79 Å². The van der Waals surface area contributed by atoms with Crippen LogP contribution in [0.15, 0.2) is 0 Å². The zero-order chi connectivity index (χ0) is 6.46. The average Bonchev–Trinajstić information content (AvgIpc) is 2.34. The van der Waals surface area contributed by atoms with E-state index in [4.69, 9.17) is 0 Å². The number of hydrogen-bond acceptors (Lipinski definition) is 1. The van der Waals surface area contributed by atoms with Gasteiger partial charge in [-0.05, 0) is 36.0 Å². The van der Waals surface area contributed by atoms with Gasteiger partial charge >= 0.3 is 0 Å². The van der Waals surface area contributed by atoms with E-state index in [1.807, 2.05) is 0 Å². The molecule has 6 bridgehead atoms. The molecule has 0 aromatic rings. The molecule has 5 rings (SSSR count). The van der Waals surface area contributed by atoms with Crippen molar-refractivity contribution >= 4 is 5.78 Å². The second kappa shape index (κ2) is 0.992. The van der Waals surface area contributed by atoms with Crippen LogP contribution in [0.1, 0.15) is 12.8 Å². The van der Waals surface area contributed by atoms with E-state index >= 15 is 0 Å². The van der Waals surface area contributed by atoms with E-state index in [1.54, 1.807) is 0 Å². The van der Waals surface area contributed by atoms with Gasteiger partial charge in [-0.1, -0.05) is 0 Å². The third-order valence-corrected chi connectivity index (χ3v) is 4.57. The van der Waals surface area contributed by atoms with Gasteiger partial charge in [0.15, 0.2) is 0 Å². The van der Waals surface area contributed by atoms with E-state index in [2.05, 4.69) is 0 Å². The number of ketones is 1. The summed E-state index contributed by atoms with van der Waals surface area (Å²) >= 11 is 0. The third kappa shape index (κ3) is 0.240. The van der Waals surface area contributed by atoms with Crippen molar-refractivity contribution in [3.05, 3.63) is 0 Å². The molecule has 0 saturated heterocycles. The summed E-state index contributed by atoms with van der Waals surface area (Å²) < 4.78 is 0. The molecule has 0 heterocycles. The SMILES string of the molecule is O=C1C[C@H]2[C@H]3C[C@H]4[C@H]2[C@H]4[C@@H]13. The zero-order valence-corrected chi connectivity index (χ0v) is 5.79. The van der Waals surface area contributed by atoms with Gasteiger partial charge in [-0.25, -0.2) is 0 Å². The van der Waals surface area contributed by atoms with Gasteiger partial charge in [-0.3, -0.25) is 4.79 Å². The minimum atomic E-state index is 0.583. The van der Waals surface area contributed by atoms with Crippen molar-refractivity contribution in [2.24, 2.45) is 35.5 Å². The molecule has 0 amide bonds. The summed E-state index contributed by atoms with van der Waals surface area (Å²) in [7, 11) is 0. The molecule has 0 aromatic carbocycles. The number of Topliss-reactive ketones (excluding diaryl/α,β-unsaturated/α-hetero) is 1. The summed E-state index contributed by atoms with van der Waals surface area (Å²) in [5, 5.41) is 0. The van der Waals surface area contributed by atoms with Crippen molar-refractivity contribution in [2.45, 2.75) is 12.8 Å². The minimum Gasteiger partial charge on any atom is -0.299 e. The fourth-order valence-corrected chi connectivity index (χ4v) is 4.43. The van der Waals surface area contributed by atoms with Gasteiger partial charge in [0, 0.05) is 12.3 Å². The Morgan fingerprint density at radius 2 is 2.00 bits per heavy atom. The summed E-state index contributed by atoms with van der Waals surface area (Å²) in [5.41, 5.74) is 0. The molecule has 5 fully saturated rings. The Morgan fingerprint density at radius 3 is 2.50 bits per heavy atom. The molecule has 10 heavy (non-hydrogen) atoms. The molecule has 0 N–H and O–H groups in total. The Balaban J connectivity index is 2.00. The first-order valence-corrected chi connectivity index (χ1v) is 4.40. The smallest absolute Gasteiger partial charge is 0.136 e. The largest absolute Gasteiger partial charge is 0.299 e. The third-order valence-electron chi connectivity index (χ3n) is 4.57. The molecule has 0 radical (unpaired) electrons. The highest BCUT2D eigenvalue weighted by molar-refractivity contribution is 5.87. The molecule has 52 valence electrons. The molecule has 0 aromatic heterocycles. The molecule has 5 saturated carbocycles. The molecule has 0 unspecified atom stereocenters. The first-order valence-electron chi connectivity index (χ1n) is 4.40. The number of carbonyl (C=O) groups excluding carboxylic acids is 1. The van der Waals surface area contributed by atoms with Crippen LogP contribution in [0.3, 0.4) is 0 Å². The van der Waals surface area contributed by atoms with E-state index in [0.29, 0.717) is 11.7 Å². The maximum Gasteiger partial charge on any atom is 0.136 e. The predicted molar refractivity (Wildman–Crippen MR) is 35.2 cm³/mol. The van der Waals surface area contributed by atoms with Crippen LogP contribution in [0.5, 0.6) is 0 Å². The molecular weight excluding hydrogens is 124 g/mol. The van der Waals surface area contributed by atoms with Crippen molar-refractivity contribution in [3.63, 3.8) is 0 Å². The van der Waals surface area contributed by atoms with Crippen LogP contribution in [0.4, 0.5) is 0 Å². The first kappa shape index (κ1) is 4.53. The second-order valence-electron chi connectivity index (χ2n) is 4.58. The summed E-state index contributed by atoms with van der Waals surface area (Å²) in [6, 6.07) is 0. The van der Waals surface area contributed by atoms with Crippen molar-refractivity contribution in [1.82, 2.24) is 0 Å². The lowest BCUT2D eigenvalue weighted by atomic mass is 10.00. The maximum atomic E-state index is 11.3. The summed E-state index contributed by atoms with van der Waals surface area (Å²) in [4.78, 5) is 11.3. The molecule has 5 aliphatic carbocycles. The summed E-state index contributed by atoms with van der Waals surface area (Å²) in [6.45, 7) is 0. The summed E-state index contributed by atoms with van der Waals surface area (Å²) in [6.07, 6.45) is 2.39. The van der Waals surface area contributed by atoms with Gasteiger partial charge in [0.1, 0.15) is 5.78 Å². The second-order valence-corrected chi connectivity index (χ2v) is 4.58. The number of hydrogen-bond donors (Lipinski definition) is 0. The predicted octanol–water partition coefficient (Wildman–Crippen LogP) is 1.09. The van der Waals surface area contributed by atoms with Gasteiger partial charge in [0.05, 0.1) is 0 Å². The van der Waals surface area contributed by atoms with Crippen LogP contribution in [-0.2, 0) is 4.79 Å². The monoisotopic (exact) mass is 134 g/mol. The Morgan fingerprint density at radius 1 is 1.10 bits per heavy atom. The van der Waals surface area contributed by atoms with E-state index in [-0.39, 0.29) is 0 Å². The average molecular weight is 134 g/mol. The molecular formula is C9H10O. The van der Waals surface area contributed by atoms with E-state index < -0.39 is 0 Å². The topological polar surface area (TPSA) is 17.1 Å². The fraction of sp³-hybridized carbons (Fsp3) is 0.889. The van der Waals surface area contributed by atoms with Crippen LogP contribution in [-0.4, -0.2) is 5.78 Å². The van der Waals surface area contributed by atoms with Crippen LogP contribution >= 0.6 is 0 Å². The van der Waals surface area contributed by atoms with Gasteiger partial charge in [0.2, 0.25) is 0 Å². The van der Waals surface area contributed by atoms with Crippen LogP contribution < -0.4 is 0 Å². The molecule has 5 aliphatic rings. The number of rotatable bonds is 0. The Kier molecular flexibility index (Phi) is 0.449. The van der Waals surface area contributed by atoms with Crippen molar-refractivity contribution < 1.29 is 4.79 Å². The Hall–Kier alpha value is -0.330. The number of carbonyl (C=O) groups is 1. The molecule has 1 nitrogen and oxygen atoms in total. The highest BCUT2D eigenvalue weighted by atomic mass is 16.1.